The number of halogens is 6. The average Bonchev–Trinajstić information content (AvgIpc) is 2.60. The van der Waals surface area contributed by atoms with Crippen molar-refractivity contribution in [3.8, 4) is 11.4 Å². The fourth-order valence-electron chi connectivity index (χ4n) is 1.96. The first-order chi connectivity index (χ1) is 12.9. The number of aliphatic hydroxyl groups excluding tert-OH is 1. The van der Waals surface area contributed by atoms with Gasteiger partial charge in [0.05, 0.1) is 0 Å². The van der Waals surface area contributed by atoms with E-state index in [1.807, 2.05) is 0 Å². The van der Waals surface area contributed by atoms with E-state index in [9.17, 15) is 9.90 Å². The second-order valence-electron chi connectivity index (χ2n) is 5.28. The number of carboxylic acid groups (broad SMARTS) is 1. The minimum absolute atomic E-state index is 0.111. The van der Waals surface area contributed by atoms with Crippen molar-refractivity contribution in [1.82, 2.24) is 15.0 Å². The molecule has 1 atom stereocenters. The lowest BCUT2D eigenvalue weighted by Crippen LogP contribution is -2.17. The van der Waals surface area contributed by atoms with Crippen LogP contribution in [0.2, 0.25) is 0 Å². The smallest absolute Gasteiger partial charge is 0.317 e. The zero-order chi connectivity index (χ0) is 21.1. The molecule has 1 heterocycles. The van der Waals surface area contributed by atoms with Gasteiger partial charge in [-0.1, -0.05) is 81.7 Å². The predicted octanol–water partition coefficient (Wildman–Crippen LogP) is 5.12. The highest BCUT2D eigenvalue weighted by molar-refractivity contribution is 8.00. The molecule has 28 heavy (non-hydrogen) atoms. The first kappa shape index (κ1) is 24.0. The van der Waals surface area contributed by atoms with Crippen molar-refractivity contribution < 1.29 is 15.0 Å². The highest BCUT2D eigenvalue weighted by Gasteiger charge is 2.34. The van der Waals surface area contributed by atoms with Gasteiger partial charge in [0.15, 0.2) is 17.5 Å². The van der Waals surface area contributed by atoms with E-state index in [-0.39, 0.29) is 30.5 Å². The minimum Gasteiger partial charge on any atom is -0.480 e. The Kier molecular flexibility index (Phi) is 8.33. The average molecular weight is 526 g/mol. The van der Waals surface area contributed by atoms with Crippen molar-refractivity contribution in [2.24, 2.45) is 0 Å². The molecule has 1 aromatic heterocycles. The fraction of sp³-hybridized carbons (Fsp3) is 0.333. The third-order valence-electron chi connectivity index (χ3n) is 3.20. The summed E-state index contributed by atoms with van der Waals surface area (Å²) in [7, 11) is 0. The van der Waals surface area contributed by atoms with Gasteiger partial charge < -0.3 is 10.2 Å². The Labute approximate surface area is 194 Å². The molecule has 0 radical (unpaired) electrons. The molecule has 0 aliphatic rings. The van der Waals surface area contributed by atoms with E-state index in [4.69, 9.17) is 74.7 Å². The largest absolute Gasteiger partial charge is 0.480 e. The highest BCUT2D eigenvalue weighted by Crippen LogP contribution is 2.40. The molecule has 0 spiro atoms. The van der Waals surface area contributed by atoms with E-state index in [0.29, 0.717) is 10.5 Å². The number of carbonyl (C=O) groups is 1. The van der Waals surface area contributed by atoms with Gasteiger partial charge in [-0.3, -0.25) is 4.79 Å². The quantitative estimate of drug-likeness (QED) is 0.399. The van der Waals surface area contributed by atoms with Crippen LogP contribution >= 0.6 is 81.4 Å². The summed E-state index contributed by atoms with van der Waals surface area (Å²) in [6, 6.07) is 6.61. The second-order valence-corrected chi connectivity index (χ2v) is 11.1. The zero-order valence-electron chi connectivity index (χ0n) is 13.6. The maximum absolute atomic E-state index is 11.2. The Balaban J connectivity index is 2.38. The molecule has 2 aromatic rings. The van der Waals surface area contributed by atoms with E-state index in [2.05, 4.69) is 15.0 Å². The van der Waals surface area contributed by atoms with Crippen LogP contribution in [0.25, 0.3) is 11.4 Å². The first-order valence-electron chi connectivity index (χ1n) is 7.43. The lowest BCUT2D eigenvalue weighted by atomic mass is 10.2. The summed E-state index contributed by atoms with van der Waals surface area (Å²) in [5, 5.41) is 17.4. The summed E-state index contributed by atoms with van der Waals surface area (Å²) in [5.41, 5.74) is 0.506. The lowest BCUT2D eigenvalue weighted by Gasteiger charge is -2.16. The molecule has 0 saturated carbocycles. The van der Waals surface area contributed by atoms with Crippen LogP contribution in [0, 0.1) is 0 Å². The van der Waals surface area contributed by atoms with Crippen molar-refractivity contribution >= 4 is 87.3 Å². The Morgan fingerprint density at radius 3 is 1.86 bits per heavy atom. The summed E-state index contributed by atoms with van der Waals surface area (Å²) in [6.45, 7) is -0.230. The van der Waals surface area contributed by atoms with E-state index < -0.39 is 18.8 Å². The minimum atomic E-state index is -1.96. The third-order valence-corrected chi connectivity index (χ3v) is 5.48. The van der Waals surface area contributed by atoms with E-state index in [1.54, 1.807) is 24.3 Å². The fourth-order valence-corrected chi connectivity index (χ4v) is 3.41. The van der Waals surface area contributed by atoms with E-state index in [1.165, 1.54) is 0 Å². The van der Waals surface area contributed by atoms with Crippen LogP contribution in [0.1, 0.15) is 18.1 Å². The van der Waals surface area contributed by atoms with Crippen molar-refractivity contribution in [3.05, 3.63) is 35.9 Å². The van der Waals surface area contributed by atoms with Gasteiger partial charge in [0.2, 0.25) is 7.59 Å². The third kappa shape index (κ3) is 6.64. The summed E-state index contributed by atoms with van der Waals surface area (Å²) >= 11 is 36.2. The van der Waals surface area contributed by atoms with Crippen molar-refractivity contribution in [2.45, 2.75) is 24.2 Å². The molecule has 0 bridgehead atoms. The van der Waals surface area contributed by atoms with Gasteiger partial charge in [0, 0.05) is 17.1 Å². The van der Waals surface area contributed by atoms with Crippen LogP contribution < -0.4 is 0 Å². The topological polar surface area (TPSA) is 96.2 Å². The molecular weight excluding hydrogens is 515 g/mol. The van der Waals surface area contributed by atoms with Crippen LogP contribution in [-0.2, 0) is 12.4 Å². The second kappa shape index (κ2) is 9.71. The Bertz CT molecular complexity index is 810. The van der Waals surface area contributed by atoms with Crippen LogP contribution in [0.3, 0.4) is 0 Å². The maximum Gasteiger partial charge on any atom is 0.317 e. The SMILES string of the molecule is O=C(O)C(CCO)Sc1ccc(-c2nc(C(Cl)(Cl)Cl)nc(C(Cl)(Cl)Cl)n2)cc1. The predicted molar refractivity (Wildman–Crippen MR) is 113 cm³/mol. The summed E-state index contributed by atoms with van der Waals surface area (Å²) in [6.07, 6.45) is 0.119. The van der Waals surface area contributed by atoms with Gasteiger partial charge in [-0.25, -0.2) is 15.0 Å². The van der Waals surface area contributed by atoms with Gasteiger partial charge in [-0.15, -0.1) is 11.8 Å². The van der Waals surface area contributed by atoms with Gasteiger partial charge in [-0.2, -0.15) is 0 Å². The number of aromatic nitrogens is 3. The molecule has 152 valence electrons. The summed E-state index contributed by atoms with van der Waals surface area (Å²) < 4.78 is -3.92. The van der Waals surface area contributed by atoms with E-state index >= 15 is 0 Å². The number of carboxylic acids is 1. The molecule has 1 aromatic carbocycles. The lowest BCUT2D eigenvalue weighted by molar-refractivity contribution is -0.136. The number of rotatable bonds is 6. The number of nitrogens with zero attached hydrogens (tertiary/aromatic N) is 3. The molecule has 0 fully saturated rings. The number of alkyl halides is 6. The monoisotopic (exact) mass is 523 g/mol. The van der Waals surface area contributed by atoms with Crippen LogP contribution in [0.15, 0.2) is 29.2 Å². The molecule has 6 nitrogen and oxygen atoms in total. The molecule has 1 unspecified atom stereocenters. The van der Waals surface area contributed by atoms with Gasteiger partial charge in [0.1, 0.15) is 5.25 Å². The van der Waals surface area contributed by atoms with Crippen molar-refractivity contribution in [2.75, 3.05) is 6.61 Å². The van der Waals surface area contributed by atoms with Crippen LogP contribution in [0.4, 0.5) is 0 Å². The van der Waals surface area contributed by atoms with Crippen LogP contribution in [-0.4, -0.2) is 43.0 Å². The Morgan fingerprint density at radius 1 is 0.964 bits per heavy atom. The number of hydrogen-bond donors (Lipinski definition) is 2. The van der Waals surface area contributed by atoms with Crippen LogP contribution in [0.5, 0.6) is 0 Å². The molecule has 2 N–H and O–H groups in total. The number of aliphatic carboxylic acids is 1. The van der Waals surface area contributed by atoms with Crippen molar-refractivity contribution in [1.29, 1.82) is 0 Å². The Morgan fingerprint density at radius 2 is 1.46 bits per heavy atom. The number of hydrogen-bond acceptors (Lipinski definition) is 6. The number of thioether (sulfide) groups is 1. The molecular formula is C15H11Cl6N3O3S. The zero-order valence-corrected chi connectivity index (χ0v) is 19.0. The molecule has 0 saturated heterocycles. The first-order valence-corrected chi connectivity index (χ1v) is 10.6. The highest BCUT2D eigenvalue weighted by atomic mass is 35.6. The molecule has 0 aliphatic heterocycles. The molecule has 2 rings (SSSR count). The molecule has 13 heteroatoms. The van der Waals surface area contributed by atoms with Gasteiger partial charge >= 0.3 is 5.97 Å². The van der Waals surface area contributed by atoms with Gasteiger partial charge in [0.25, 0.3) is 0 Å². The number of benzene rings is 1. The normalized spacial score (nSPS) is 13.4. The summed E-state index contributed by atoms with van der Waals surface area (Å²) in [5.74, 6) is -1.33. The summed E-state index contributed by atoms with van der Waals surface area (Å²) in [4.78, 5) is 24.0. The molecule has 0 amide bonds. The molecule has 0 aliphatic carbocycles. The number of aliphatic hydroxyl groups is 1. The van der Waals surface area contributed by atoms with E-state index in [0.717, 1.165) is 11.8 Å². The van der Waals surface area contributed by atoms with Crippen molar-refractivity contribution in [3.63, 3.8) is 0 Å². The standard InChI is InChI=1S/C15H11Cl6N3O3S/c16-14(17,18)12-22-10(23-13(24-12)15(19,20)21)7-1-3-8(4-2-7)28-9(5-6-25)11(26)27/h1-4,9,25H,5-6H2,(H,26,27). The van der Waals surface area contributed by atoms with Gasteiger partial charge in [-0.05, 0) is 18.6 Å². The Hall–Kier alpha value is -0.250. The maximum atomic E-state index is 11.2.